The predicted molar refractivity (Wildman–Crippen MR) is 84.1 cm³/mol. The Morgan fingerprint density at radius 1 is 1.29 bits per heavy atom. The van der Waals surface area contributed by atoms with E-state index in [-0.39, 0.29) is 11.8 Å². The lowest BCUT2D eigenvalue weighted by Crippen LogP contribution is -2.46. The lowest BCUT2D eigenvalue weighted by atomic mass is 9.95. The number of nitrogens with zero attached hydrogens (tertiary/aromatic N) is 1. The summed E-state index contributed by atoms with van der Waals surface area (Å²) in [6, 6.07) is 11.5. The monoisotopic (exact) mass is 284 g/mol. The van der Waals surface area contributed by atoms with Crippen LogP contribution in [0.5, 0.6) is 0 Å². The van der Waals surface area contributed by atoms with Crippen LogP contribution in [0.15, 0.2) is 36.4 Å². The van der Waals surface area contributed by atoms with Crippen LogP contribution in [-0.2, 0) is 0 Å². The molecule has 2 aromatic rings. The summed E-state index contributed by atoms with van der Waals surface area (Å²) in [5.41, 5.74) is 7.06. The molecule has 1 heterocycles. The fourth-order valence-corrected chi connectivity index (χ4v) is 2.85. The van der Waals surface area contributed by atoms with Crippen LogP contribution in [0.3, 0.4) is 0 Å². The number of fused-ring (bicyclic) bond motifs is 1. The Balaban J connectivity index is 1.92. The molecule has 0 saturated carbocycles. The van der Waals surface area contributed by atoms with Gasteiger partial charge in [0.05, 0.1) is 11.7 Å². The van der Waals surface area contributed by atoms with Crippen LogP contribution in [0.25, 0.3) is 10.8 Å². The van der Waals surface area contributed by atoms with E-state index >= 15 is 0 Å². The first-order valence-electron chi connectivity index (χ1n) is 7.32. The van der Waals surface area contributed by atoms with Gasteiger partial charge in [-0.25, -0.2) is 0 Å². The van der Waals surface area contributed by atoms with Crippen LogP contribution >= 0.6 is 0 Å². The number of hydrogen-bond acceptors (Lipinski definition) is 3. The van der Waals surface area contributed by atoms with Crippen molar-refractivity contribution in [2.75, 3.05) is 18.8 Å². The molecule has 3 rings (SSSR count). The molecule has 110 valence electrons. The second-order valence-electron chi connectivity index (χ2n) is 5.87. The Kier molecular flexibility index (Phi) is 3.55. The van der Waals surface area contributed by atoms with Crippen LogP contribution in [0.2, 0.25) is 0 Å². The van der Waals surface area contributed by atoms with E-state index in [2.05, 4.69) is 0 Å². The number of benzene rings is 2. The third-order valence-corrected chi connectivity index (χ3v) is 4.35. The molecule has 3 N–H and O–H groups in total. The van der Waals surface area contributed by atoms with Crippen molar-refractivity contribution in [2.24, 2.45) is 5.92 Å². The Bertz CT molecular complexity index is 684. The Labute approximate surface area is 124 Å². The minimum atomic E-state index is -0.454. The van der Waals surface area contributed by atoms with Crippen LogP contribution in [0.4, 0.5) is 5.69 Å². The quantitative estimate of drug-likeness (QED) is 0.789. The van der Waals surface area contributed by atoms with Crippen molar-refractivity contribution in [3.05, 3.63) is 42.0 Å². The molecule has 1 aliphatic heterocycles. The van der Waals surface area contributed by atoms with Gasteiger partial charge in [-0.2, -0.15) is 0 Å². The van der Waals surface area contributed by atoms with Crippen LogP contribution < -0.4 is 5.73 Å². The number of rotatable bonds is 1. The molecule has 1 fully saturated rings. The molecular formula is C17H20N2O2. The van der Waals surface area contributed by atoms with E-state index in [1.807, 2.05) is 43.3 Å². The molecule has 1 saturated heterocycles. The van der Waals surface area contributed by atoms with Gasteiger partial charge in [-0.15, -0.1) is 0 Å². The van der Waals surface area contributed by atoms with Gasteiger partial charge >= 0.3 is 0 Å². The molecular weight excluding hydrogens is 264 g/mol. The number of β-amino-alcohol motifs (C(OH)–C–C–N with tert-alkyl or cyclic N) is 1. The molecule has 0 aliphatic carbocycles. The highest BCUT2D eigenvalue weighted by atomic mass is 16.3. The molecule has 2 atom stereocenters. The van der Waals surface area contributed by atoms with Crippen LogP contribution in [0, 0.1) is 5.92 Å². The number of piperidine rings is 1. The van der Waals surface area contributed by atoms with Crippen molar-refractivity contribution in [1.82, 2.24) is 4.90 Å². The van der Waals surface area contributed by atoms with Gasteiger partial charge in [0.1, 0.15) is 0 Å². The topological polar surface area (TPSA) is 66.6 Å². The van der Waals surface area contributed by atoms with Crippen molar-refractivity contribution in [2.45, 2.75) is 19.4 Å². The molecule has 4 nitrogen and oxygen atoms in total. The first-order valence-corrected chi connectivity index (χ1v) is 7.32. The van der Waals surface area contributed by atoms with E-state index in [1.54, 1.807) is 4.90 Å². The molecule has 1 amide bonds. The zero-order valence-corrected chi connectivity index (χ0v) is 12.1. The molecule has 0 bridgehead atoms. The maximum Gasteiger partial charge on any atom is 0.256 e. The van der Waals surface area contributed by atoms with Gasteiger partial charge in [0.2, 0.25) is 0 Å². The maximum absolute atomic E-state index is 12.7. The van der Waals surface area contributed by atoms with Crippen LogP contribution in [0.1, 0.15) is 23.7 Å². The predicted octanol–water partition coefficient (Wildman–Crippen LogP) is 2.26. The molecule has 4 heteroatoms. The van der Waals surface area contributed by atoms with Gasteiger partial charge in [-0.05, 0) is 35.2 Å². The van der Waals surface area contributed by atoms with Crippen LogP contribution in [-0.4, -0.2) is 35.1 Å². The first-order chi connectivity index (χ1) is 10.1. The molecule has 0 radical (unpaired) electrons. The van der Waals surface area contributed by atoms with Crippen molar-refractivity contribution in [3.63, 3.8) is 0 Å². The largest absolute Gasteiger partial charge is 0.398 e. The van der Waals surface area contributed by atoms with Crippen molar-refractivity contribution >= 4 is 22.4 Å². The average Bonchev–Trinajstić information content (AvgIpc) is 2.48. The van der Waals surface area contributed by atoms with E-state index in [0.717, 1.165) is 17.2 Å². The zero-order chi connectivity index (χ0) is 15.0. The summed E-state index contributed by atoms with van der Waals surface area (Å²) in [6.45, 7) is 3.06. The number of likely N-dealkylation sites (tertiary alicyclic amines) is 1. The lowest BCUT2D eigenvalue weighted by Gasteiger charge is -2.34. The summed E-state index contributed by atoms with van der Waals surface area (Å²) in [6.07, 6.45) is 0.366. The van der Waals surface area contributed by atoms with Gasteiger partial charge in [-0.1, -0.05) is 31.2 Å². The summed E-state index contributed by atoms with van der Waals surface area (Å²) < 4.78 is 0. The summed E-state index contributed by atoms with van der Waals surface area (Å²) in [4.78, 5) is 14.4. The summed E-state index contributed by atoms with van der Waals surface area (Å²) in [5, 5.41) is 12.0. The third-order valence-electron chi connectivity index (χ3n) is 4.35. The number of carbonyl (C=O) groups is 1. The standard InChI is InChI=1S/C17H20N2O2/c1-11-6-7-19(10-16(11)20)17(21)14-8-12-4-2-3-5-13(12)9-15(14)18/h2-5,8-9,11,16,20H,6-7,10,18H2,1H3. The highest BCUT2D eigenvalue weighted by molar-refractivity contribution is 6.04. The number of carbonyl (C=O) groups excluding carboxylic acids is 1. The number of nitrogens with two attached hydrogens (primary N) is 1. The van der Waals surface area contributed by atoms with Gasteiger partial charge in [0.15, 0.2) is 0 Å². The second kappa shape index (κ2) is 5.37. The molecule has 1 aliphatic rings. The molecule has 0 aromatic heterocycles. The normalized spacial score (nSPS) is 22.5. The van der Waals surface area contributed by atoms with E-state index in [4.69, 9.17) is 5.73 Å². The number of amides is 1. The van der Waals surface area contributed by atoms with E-state index in [9.17, 15) is 9.90 Å². The number of anilines is 1. The van der Waals surface area contributed by atoms with Crippen molar-refractivity contribution in [3.8, 4) is 0 Å². The second-order valence-corrected chi connectivity index (χ2v) is 5.87. The van der Waals surface area contributed by atoms with E-state index in [0.29, 0.717) is 24.3 Å². The Morgan fingerprint density at radius 2 is 1.95 bits per heavy atom. The highest BCUT2D eigenvalue weighted by Gasteiger charge is 2.28. The van der Waals surface area contributed by atoms with E-state index in [1.165, 1.54) is 0 Å². The van der Waals surface area contributed by atoms with Gasteiger partial charge in [0, 0.05) is 18.8 Å². The van der Waals surface area contributed by atoms with Gasteiger partial charge in [-0.3, -0.25) is 4.79 Å². The van der Waals surface area contributed by atoms with E-state index < -0.39 is 6.10 Å². The molecule has 0 spiro atoms. The molecule has 2 aromatic carbocycles. The zero-order valence-electron chi connectivity index (χ0n) is 12.1. The summed E-state index contributed by atoms with van der Waals surface area (Å²) >= 11 is 0. The first kappa shape index (κ1) is 13.9. The lowest BCUT2D eigenvalue weighted by molar-refractivity contribution is 0.0249. The third kappa shape index (κ3) is 2.59. The smallest absolute Gasteiger partial charge is 0.256 e. The minimum absolute atomic E-state index is 0.0933. The summed E-state index contributed by atoms with van der Waals surface area (Å²) in [7, 11) is 0. The van der Waals surface area contributed by atoms with Crippen molar-refractivity contribution in [1.29, 1.82) is 0 Å². The average molecular weight is 284 g/mol. The number of hydrogen-bond donors (Lipinski definition) is 2. The van der Waals surface area contributed by atoms with Gasteiger partial charge in [0.25, 0.3) is 5.91 Å². The molecule has 21 heavy (non-hydrogen) atoms. The Morgan fingerprint density at radius 3 is 2.62 bits per heavy atom. The summed E-state index contributed by atoms with van der Waals surface area (Å²) in [5.74, 6) is 0.146. The molecule has 2 unspecified atom stereocenters. The van der Waals surface area contributed by atoms with Crippen molar-refractivity contribution < 1.29 is 9.90 Å². The minimum Gasteiger partial charge on any atom is -0.398 e. The number of aliphatic hydroxyl groups is 1. The SMILES string of the molecule is CC1CCN(C(=O)c2cc3ccccc3cc2N)CC1O. The maximum atomic E-state index is 12.7. The number of nitrogen functional groups attached to an aromatic ring is 1. The fraction of sp³-hybridized carbons (Fsp3) is 0.353. The Hall–Kier alpha value is -2.07. The fourth-order valence-electron chi connectivity index (χ4n) is 2.85. The van der Waals surface area contributed by atoms with Gasteiger partial charge < -0.3 is 15.7 Å². The highest BCUT2D eigenvalue weighted by Crippen LogP contribution is 2.25. The number of aliphatic hydroxyl groups excluding tert-OH is 1.